The molecule has 0 radical (unpaired) electrons. The van der Waals surface area contributed by atoms with E-state index in [1.54, 1.807) is 7.11 Å². The molecule has 1 N–H and O–H groups in total. The van der Waals surface area contributed by atoms with Crippen LogP contribution in [0.15, 0.2) is 24.3 Å². The lowest BCUT2D eigenvalue weighted by atomic mass is 9.78. The zero-order valence-electron chi connectivity index (χ0n) is 13.8. The van der Waals surface area contributed by atoms with Crippen molar-refractivity contribution in [2.24, 2.45) is 11.8 Å². The molecule has 1 aliphatic carbocycles. The largest absolute Gasteiger partial charge is 0.489 e. The highest BCUT2D eigenvalue weighted by Gasteiger charge is 2.32. The van der Waals surface area contributed by atoms with Gasteiger partial charge >= 0.3 is 0 Å². The van der Waals surface area contributed by atoms with E-state index in [1.165, 1.54) is 12.8 Å². The molecule has 1 fully saturated rings. The molecule has 0 spiro atoms. The van der Waals surface area contributed by atoms with Crippen molar-refractivity contribution in [2.75, 3.05) is 14.2 Å². The Balaban J connectivity index is 2.05. The summed E-state index contributed by atoms with van der Waals surface area (Å²) in [5.74, 6) is 2.45. The van der Waals surface area contributed by atoms with Crippen molar-refractivity contribution in [2.45, 2.75) is 51.9 Å². The van der Waals surface area contributed by atoms with Crippen LogP contribution in [-0.4, -0.2) is 26.3 Å². The molecule has 0 bridgehead atoms. The van der Waals surface area contributed by atoms with E-state index in [9.17, 15) is 0 Å². The predicted octanol–water partition coefficient (Wildman–Crippen LogP) is 3.62. The minimum atomic E-state index is 0.258. The summed E-state index contributed by atoms with van der Waals surface area (Å²) in [7, 11) is 3.76. The molecule has 1 aliphatic rings. The molecule has 3 nitrogen and oxygen atoms in total. The van der Waals surface area contributed by atoms with Gasteiger partial charge in [0.25, 0.3) is 0 Å². The molecular formula is C18H29NO2. The number of benzene rings is 1. The van der Waals surface area contributed by atoms with Crippen LogP contribution >= 0.6 is 0 Å². The second kappa shape index (κ2) is 7.81. The van der Waals surface area contributed by atoms with Gasteiger partial charge in [-0.3, -0.25) is 0 Å². The molecule has 0 saturated heterocycles. The number of hydrogen-bond donors (Lipinski definition) is 1. The van der Waals surface area contributed by atoms with E-state index >= 15 is 0 Å². The zero-order valence-corrected chi connectivity index (χ0v) is 13.8. The van der Waals surface area contributed by atoms with Crippen LogP contribution in [0.4, 0.5) is 0 Å². The fourth-order valence-corrected chi connectivity index (χ4v) is 3.28. The van der Waals surface area contributed by atoms with Crippen LogP contribution in [0.3, 0.4) is 0 Å². The van der Waals surface area contributed by atoms with Gasteiger partial charge in [-0.2, -0.15) is 0 Å². The normalized spacial score (nSPS) is 26.0. The summed E-state index contributed by atoms with van der Waals surface area (Å²) in [6, 6.07) is 8.70. The topological polar surface area (TPSA) is 30.5 Å². The molecule has 0 aliphatic heterocycles. The lowest BCUT2D eigenvalue weighted by Crippen LogP contribution is -2.46. The van der Waals surface area contributed by atoms with Crippen LogP contribution in [0, 0.1) is 11.8 Å². The van der Waals surface area contributed by atoms with Crippen LogP contribution in [-0.2, 0) is 11.3 Å². The quantitative estimate of drug-likeness (QED) is 0.868. The third-order valence-electron chi connectivity index (χ3n) is 4.64. The van der Waals surface area contributed by atoms with E-state index in [1.807, 2.05) is 19.2 Å². The molecule has 1 saturated carbocycles. The lowest BCUT2D eigenvalue weighted by Gasteiger charge is -2.37. The summed E-state index contributed by atoms with van der Waals surface area (Å²) >= 11 is 0. The van der Waals surface area contributed by atoms with Crippen LogP contribution in [0.2, 0.25) is 0 Å². The minimum absolute atomic E-state index is 0.258. The van der Waals surface area contributed by atoms with Crippen molar-refractivity contribution < 1.29 is 9.47 Å². The van der Waals surface area contributed by atoms with Gasteiger partial charge in [-0.05, 0) is 55.8 Å². The summed E-state index contributed by atoms with van der Waals surface area (Å²) in [5.41, 5.74) is 1.16. The highest BCUT2D eigenvalue weighted by molar-refractivity contribution is 5.28. The molecule has 21 heavy (non-hydrogen) atoms. The second-order valence-electron chi connectivity index (χ2n) is 6.45. The van der Waals surface area contributed by atoms with Crippen LogP contribution in [0.25, 0.3) is 0 Å². The van der Waals surface area contributed by atoms with Crippen molar-refractivity contribution in [3.8, 4) is 5.75 Å². The first kappa shape index (κ1) is 16.3. The monoisotopic (exact) mass is 291 g/mol. The van der Waals surface area contributed by atoms with Gasteiger partial charge in [0, 0.05) is 13.2 Å². The van der Waals surface area contributed by atoms with Gasteiger partial charge in [0.15, 0.2) is 0 Å². The van der Waals surface area contributed by atoms with Crippen LogP contribution < -0.4 is 10.1 Å². The Labute approximate surface area is 129 Å². The summed E-state index contributed by atoms with van der Waals surface area (Å²) in [5, 5.41) is 3.42. The standard InChI is InChI=1S/C18H29NO2/c1-13(2)15-8-9-17(19-3)18(11-15)21-16-7-5-6-14(10-16)12-20-4/h5-7,10,13,15,17-19H,8-9,11-12H2,1-4H3. The first-order valence-electron chi connectivity index (χ1n) is 8.05. The number of ether oxygens (including phenoxy) is 2. The molecule has 1 aromatic rings. The highest BCUT2D eigenvalue weighted by atomic mass is 16.5. The van der Waals surface area contributed by atoms with Crippen molar-refractivity contribution in [3.05, 3.63) is 29.8 Å². The van der Waals surface area contributed by atoms with Crippen LogP contribution in [0.5, 0.6) is 5.75 Å². The molecular weight excluding hydrogens is 262 g/mol. The van der Waals surface area contributed by atoms with Crippen molar-refractivity contribution in [1.82, 2.24) is 5.32 Å². The Kier molecular flexibility index (Phi) is 6.07. The van der Waals surface area contributed by atoms with E-state index in [0.717, 1.165) is 29.6 Å². The summed E-state index contributed by atoms with van der Waals surface area (Å²) in [6.07, 6.45) is 3.89. The van der Waals surface area contributed by atoms with E-state index < -0.39 is 0 Å². The highest BCUT2D eigenvalue weighted by Crippen LogP contribution is 2.32. The third kappa shape index (κ3) is 4.45. The molecule has 0 aromatic heterocycles. The maximum Gasteiger partial charge on any atom is 0.120 e. The van der Waals surface area contributed by atoms with E-state index in [4.69, 9.17) is 9.47 Å². The number of likely N-dealkylation sites (N-methyl/N-ethyl adjacent to an activating group) is 1. The van der Waals surface area contributed by atoms with Gasteiger partial charge in [0.2, 0.25) is 0 Å². The fraction of sp³-hybridized carbons (Fsp3) is 0.667. The fourth-order valence-electron chi connectivity index (χ4n) is 3.28. The first-order chi connectivity index (χ1) is 10.1. The average molecular weight is 291 g/mol. The lowest BCUT2D eigenvalue weighted by molar-refractivity contribution is 0.0747. The smallest absolute Gasteiger partial charge is 0.120 e. The molecule has 118 valence electrons. The number of methoxy groups -OCH3 is 1. The Morgan fingerprint density at radius 1 is 1.29 bits per heavy atom. The molecule has 2 rings (SSSR count). The second-order valence-corrected chi connectivity index (χ2v) is 6.45. The van der Waals surface area contributed by atoms with E-state index in [2.05, 4.69) is 31.3 Å². The SMILES string of the molecule is CNC1CCC(C(C)C)CC1Oc1cccc(COC)c1. The number of nitrogens with one attached hydrogen (secondary N) is 1. The summed E-state index contributed by atoms with van der Waals surface area (Å²) < 4.78 is 11.5. The summed E-state index contributed by atoms with van der Waals surface area (Å²) in [4.78, 5) is 0. The Morgan fingerprint density at radius 2 is 2.10 bits per heavy atom. The maximum atomic E-state index is 6.31. The Hall–Kier alpha value is -1.06. The van der Waals surface area contributed by atoms with E-state index in [0.29, 0.717) is 12.6 Å². The van der Waals surface area contributed by atoms with Crippen LogP contribution in [0.1, 0.15) is 38.7 Å². The van der Waals surface area contributed by atoms with Gasteiger partial charge in [-0.1, -0.05) is 26.0 Å². The van der Waals surface area contributed by atoms with Gasteiger partial charge in [0.05, 0.1) is 6.61 Å². The molecule has 1 aromatic carbocycles. The molecule has 0 heterocycles. The van der Waals surface area contributed by atoms with Gasteiger partial charge in [-0.25, -0.2) is 0 Å². The third-order valence-corrected chi connectivity index (χ3v) is 4.64. The maximum absolute atomic E-state index is 6.31. The molecule has 3 atom stereocenters. The Bertz CT molecular complexity index is 433. The van der Waals surface area contributed by atoms with Crippen molar-refractivity contribution >= 4 is 0 Å². The minimum Gasteiger partial charge on any atom is -0.489 e. The zero-order chi connectivity index (χ0) is 15.2. The van der Waals surface area contributed by atoms with Gasteiger partial charge < -0.3 is 14.8 Å². The van der Waals surface area contributed by atoms with Crippen molar-refractivity contribution in [3.63, 3.8) is 0 Å². The Morgan fingerprint density at radius 3 is 2.76 bits per heavy atom. The molecule has 0 amide bonds. The van der Waals surface area contributed by atoms with Crippen molar-refractivity contribution in [1.29, 1.82) is 0 Å². The number of rotatable bonds is 6. The molecule has 3 heteroatoms. The predicted molar refractivity (Wildman–Crippen MR) is 86.6 cm³/mol. The van der Waals surface area contributed by atoms with Gasteiger partial charge in [0.1, 0.15) is 11.9 Å². The summed E-state index contributed by atoms with van der Waals surface area (Å²) in [6.45, 7) is 5.27. The molecule has 3 unspecified atom stereocenters. The van der Waals surface area contributed by atoms with Gasteiger partial charge in [-0.15, -0.1) is 0 Å². The first-order valence-corrected chi connectivity index (χ1v) is 8.05. The number of hydrogen-bond acceptors (Lipinski definition) is 3. The average Bonchev–Trinajstić information content (AvgIpc) is 2.48. The van der Waals surface area contributed by atoms with E-state index in [-0.39, 0.29) is 6.10 Å².